The number of anilines is 1. The highest BCUT2D eigenvalue weighted by Gasteiger charge is 2.03. The van der Waals surface area contributed by atoms with Crippen LogP contribution in [0.25, 0.3) is 0 Å². The Labute approximate surface area is 61.0 Å². The quantitative estimate of drug-likeness (QED) is 0.254. The number of aromatic nitrogens is 1. The molecule has 0 saturated heterocycles. The first-order chi connectivity index (χ1) is 4.61. The monoisotopic (exact) mass is 134 g/mol. The van der Waals surface area contributed by atoms with Crippen molar-refractivity contribution in [1.29, 1.82) is 0 Å². The standard InChI is InChI=1S/C6H8BN3/c1-4-2-5(7)3-10(9)6(4)8/h2-3,8H,9H2,1H3/p+1. The van der Waals surface area contributed by atoms with Crippen molar-refractivity contribution in [2.75, 3.05) is 11.6 Å². The Kier molecular flexibility index (Phi) is 1.53. The molecule has 1 aromatic rings. The Morgan fingerprint density at radius 1 is 1.60 bits per heavy atom. The second-order valence-electron chi connectivity index (χ2n) is 2.25. The summed E-state index contributed by atoms with van der Waals surface area (Å²) < 4.78 is 1.31. The lowest BCUT2D eigenvalue weighted by Crippen LogP contribution is -2.49. The molecule has 3 nitrogen and oxygen atoms in total. The SMILES string of the molecule is [B]c1cc(C)c(N)[n+](N)c1. The number of nitrogen functional groups attached to an aromatic ring is 2. The van der Waals surface area contributed by atoms with Gasteiger partial charge >= 0.3 is 0 Å². The predicted octanol–water partition coefficient (Wildman–Crippen LogP) is -1.63. The van der Waals surface area contributed by atoms with Gasteiger partial charge in [-0.15, -0.1) is 4.68 Å². The molecule has 0 amide bonds. The second kappa shape index (κ2) is 2.21. The van der Waals surface area contributed by atoms with E-state index in [1.165, 1.54) is 4.68 Å². The molecule has 10 heavy (non-hydrogen) atoms. The molecule has 0 aliphatic heterocycles. The Bertz CT molecular complexity index is 236. The summed E-state index contributed by atoms with van der Waals surface area (Å²) in [5.74, 6) is 5.97. The van der Waals surface area contributed by atoms with E-state index in [-0.39, 0.29) is 0 Å². The molecule has 2 radical (unpaired) electrons. The number of pyridine rings is 1. The minimum Gasteiger partial charge on any atom is -0.285 e. The molecule has 0 saturated carbocycles. The lowest BCUT2D eigenvalue weighted by molar-refractivity contribution is -0.623. The molecule has 0 bridgehead atoms. The molecule has 1 heterocycles. The van der Waals surface area contributed by atoms with Gasteiger partial charge in [0.05, 0.1) is 0 Å². The van der Waals surface area contributed by atoms with Crippen LogP contribution < -0.4 is 21.7 Å². The number of hydrogen-bond donors (Lipinski definition) is 2. The zero-order chi connectivity index (χ0) is 7.72. The third kappa shape index (κ3) is 1.05. The summed E-state index contributed by atoms with van der Waals surface area (Å²) >= 11 is 0. The van der Waals surface area contributed by atoms with Crippen LogP contribution >= 0.6 is 0 Å². The first kappa shape index (κ1) is 6.93. The Hall–Kier alpha value is -1.19. The lowest BCUT2D eigenvalue weighted by Gasteiger charge is -1.99. The second-order valence-corrected chi connectivity index (χ2v) is 2.25. The number of hydrogen-bond acceptors (Lipinski definition) is 2. The van der Waals surface area contributed by atoms with Crippen molar-refractivity contribution in [3.8, 4) is 0 Å². The zero-order valence-corrected chi connectivity index (χ0v) is 5.83. The van der Waals surface area contributed by atoms with Crippen LogP contribution in [0.4, 0.5) is 5.82 Å². The predicted molar refractivity (Wildman–Crippen MR) is 41.3 cm³/mol. The summed E-state index contributed by atoms with van der Waals surface area (Å²) in [5, 5.41) is 0. The number of nitrogens with zero attached hydrogens (tertiary/aromatic N) is 1. The maximum absolute atomic E-state index is 5.53. The van der Waals surface area contributed by atoms with Crippen LogP contribution in [-0.4, -0.2) is 7.85 Å². The fourth-order valence-corrected chi connectivity index (χ4v) is 0.795. The fourth-order valence-electron chi connectivity index (χ4n) is 0.795. The molecule has 4 heteroatoms. The van der Waals surface area contributed by atoms with E-state index < -0.39 is 0 Å². The minimum absolute atomic E-state index is 0.536. The first-order valence-corrected chi connectivity index (χ1v) is 2.93. The minimum atomic E-state index is 0.536. The van der Waals surface area contributed by atoms with Gasteiger partial charge in [-0.25, -0.2) is 0 Å². The van der Waals surface area contributed by atoms with Gasteiger partial charge in [0.2, 0.25) is 0 Å². The summed E-state index contributed by atoms with van der Waals surface area (Å²) in [7, 11) is 5.47. The lowest BCUT2D eigenvalue weighted by atomic mass is 9.97. The molecule has 1 rings (SSSR count). The van der Waals surface area contributed by atoms with Crippen molar-refractivity contribution in [3.63, 3.8) is 0 Å². The van der Waals surface area contributed by atoms with Gasteiger partial charge in [-0.1, -0.05) is 11.5 Å². The van der Waals surface area contributed by atoms with E-state index in [0.717, 1.165) is 5.56 Å². The van der Waals surface area contributed by atoms with Crippen molar-refractivity contribution in [1.82, 2.24) is 0 Å². The molecule has 0 aliphatic rings. The molecular weight excluding hydrogens is 125 g/mol. The maximum atomic E-state index is 5.53. The van der Waals surface area contributed by atoms with Gasteiger partial charge in [-0.2, -0.15) is 0 Å². The molecule has 1 aromatic heterocycles. The number of rotatable bonds is 0. The van der Waals surface area contributed by atoms with Crippen LogP contribution in [0, 0.1) is 6.92 Å². The van der Waals surface area contributed by atoms with E-state index >= 15 is 0 Å². The summed E-state index contributed by atoms with van der Waals surface area (Å²) in [6.07, 6.45) is 1.57. The van der Waals surface area contributed by atoms with Crippen LogP contribution in [0.1, 0.15) is 5.56 Å². The highest BCUT2D eigenvalue weighted by atomic mass is 15.3. The molecular formula is C6H9BN3+. The molecule has 4 N–H and O–H groups in total. The highest BCUT2D eigenvalue weighted by Crippen LogP contribution is 1.97. The molecule has 0 unspecified atom stereocenters. The molecule has 0 aromatic carbocycles. The average Bonchev–Trinajstić information content (AvgIpc) is 1.82. The summed E-state index contributed by atoms with van der Waals surface area (Å²) in [6, 6.07) is 1.78. The molecule has 0 aliphatic carbocycles. The smallest absolute Gasteiger partial charge is 0.285 e. The van der Waals surface area contributed by atoms with Crippen molar-refractivity contribution in [2.24, 2.45) is 0 Å². The van der Waals surface area contributed by atoms with Gasteiger partial charge < -0.3 is 0 Å². The third-order valence-electron chi connectivity index (χ3n) is 1.35. The Morgan fingerprint density at radius 2 is 2.20 bits per heavy atom. The summed E-state index contributed by atoms with van der Waals surface area (Å²) in [5.41, 5.74) is 7.04. The van der Waals surface area contributed by atoms with Gasteiger partial charge in [0, 0.05) is 5.56 Å². The number of nitrogens with two attached hydrogens (primary N) is 2. The third-order valence-corrected chi connectivity index (χ3v) is 1.35. The van der Waals surface area contributed by atoms with Gasteiger partial charge in [-0.05, 0) is 6.92 Å². The van der Waals surface area contributed by atoms with Gasteiger partial charge in [0.15, 0.2) is 0 Å². The molecule has 0 fully saturated rings. The Morgan fingerprint density at radius 3 is 2.70 bits per heavy atom. The van der Waals surface area contributed by atoms with E-state index in [0.29, 0.717) is 11.3 Å². The molecule has 0 spiro atoms. The average molecular weight is 134 g/mol. The highest BCUT2D eigenvalue weighted by molar-refractivity contribution is 6.32. The molecule has 50 valence electrons. The van der Waals surface area contributed by atoms with Crippen LogP contribution in [-0.2, 0) is 0 Å². The summed E-state index contributed by atoms with van der Waals surface area (Å²) in [4.78, 5) is 0. The summed E-state index contributed by atoms with van der Waals surface area (Å²) in [6.45, 7) is 1.86. The first-order valence-electron chi connectivity index (χ1n) is 2.93. The zero-order valence-electron chi connectivity index (χ0n) is 5.83. The van der Waals surface area contributed by atoms with E-state index in [1.54, 1.807) is 12.3 Å². The van der Waals surface area contributed by atoms with Gasteiger partial charge in [-0.3, -0.25) is 11.6 Å². The maximum Gasteiger partial charge on any atom is 0.298 e. The largest absolute Gasteiger partial charge is 0.298 e. The van der Waals surface area contributed by atoms with E-state index in [4.69, 9.17) is 19.4 Å². The van der Waals surface area contributed by atoms with Crippen molar-refractivity contribution < 1.29 is 4.68 Å². The topological polar surface area (TPSA) is 55.9 Å². The number of aryl methyl sites for hydroxylation is 1. The van der Waals surface area contributed by atoms with E-state index in [2.05, 4.69) is 0 Å². The Balaban J connectivity index is 3.31. The van der Waals surface area contributed by atoms with Crippen molar-refractivity contribution in [2.45, 2.75) is 6.92 Å². The van der Waals surface area contributed by atoms with Crippen LogP contribution in [0.5, 0.6) is 0 Å². The van der Waals surface area contributed by atoms with Crippen molar-refractivity contribution in [3.05, 3.63) is 17.8 Å². The van der Waals surface area contributed by atoms with Gasteiger partial charge in [0.25, 0.3) is 5.82 Å². The van der Waals surface area contributed by atoms with Crippen LogP contribution in [0.3, 0.4) is 0 Å². The van der Waals surface area contributed by atoms with Crippen molar-refractivity contribution >= 4 is 19.1 Å². The molecule has 0 atom stereocenters. The fraction of sp³-hybridized carbons (Fsp3) is 0.167. The van der Waals surface area contributed by atoms with Crippen LogP contribution in [0.2, 0.25) is 0 Å². The van der Waals surface area contributed by atoms with Gasteiger partial charge in [0.1, 0.15) is 14.0 Å². The van der Waals surface area contributed by atoms with E-state index in [9.17, 15) is 0 Å². The van der Waals surface area contributed by atoms with Crippen LogP contribution in [0.15, 0.2) is 12.3 Å². The van der Waals surface area contributed by atoms with E-state index in [1.807, 2.05) is 6.92 Å². The normalized spacial score (nSPS) is 9.70.